The number of hydrogen-bond acceptors (Lipinski definition) is 2. The predicted octanol–water partition coefficient (Wildman–Crippen LogP) is 2.61. The Kier molecular flexibility index (Phi) is 3.07. The van der Waals surface area contributed by atoms with E-state index in [1.54, 1.807) is 7.11 Å². The van der Waals surface area contributed by atoms with Crippen LogP contribution in [0, 0.1) is 0 Å². The molecule has 1 aromatic carbocycles. The van der Waals surface area contributed by atoms with Gasteiger partial charge in [-0.2, -0.15) is 0 Å². The number of nitrogens with two attached hydrogens (primary N) is 1. The molecule has 0 saturated heterocycles. The van der Waals surface area contributed by atoms with Crippen molar-refractivity contribution in [3.05, 3.63) is 41.6 Å². The van der Waals surface area contributed by atoms with Crippen molar-refractivity contribution in [3.63, 3.8) is 0 Å². The average Bonchev–Trinajstić information content (AvgIpc) is 2.81. The third kappa shape index (κ3) is 2.15. The lowest BCUT2D eigenvalue weighted by atomic mass is 9.90. The maximum absolute atomic E-state index is 5.95. The largest absolute Gasteiger partial charge is 0.497 e. The summed E-state index contributed by atoms with van der Waals surface area (Å²) in [5.74, 6) is 0.917. The normalized spacial score (nSPS) is 14.7. The molecule has 3 nitrogen and oxygen atoms in total. The van der Waals surface area contributed by atoms with Crippen LogP contribution < -0.4 is 10.5 Å². The number of aryl methyl sites for hydroxylation is 2. The summed E-state index contributed by atoms with van der Waals surface area (Å²) in [4.78, 5) is 0. The first-order valence-electron chi connectivity index (χ1n) is 6.80. The van der Waals surface area contributed by atoms with E-state index in [1.165, 1.54) is 22.4 Å². The minimum absolute atomic E-state index is 0.160. The van der Waals surface area contributed by atoms with Gasteiger partial charge >= 0.3 is 0 Å². The molecule has 1 atom stereocenters. The lowest BCUT2D eigenvalue weighted by Crippen LogP contribution is -2.22. The van der Waals surface area contributed by atoms with E-state index >= 15 is 0 Å². The van der Waals surface area contributed by atoms with Crippen molar-refractivity contribution in [2.24, 2.45) is 5.73 Å². The Hall–Kier alpha value is -1.74. The van der Waals surface area contributed by atoms with Crippen LogP contribution in [0.3, 0.4) is 0 Å². The summed E-state index contributed by atoms with van der Waals surface area (Å²) in [6.07, 6.45) is 4.37. The van der Waals surface area contributed by atoms with Crippen LogP contribution in [-0.4, -0.2) is 17.7 Å². The van der Waals surface area contributed by atoms with Crippen molar-refractivity contribution in [3.8, 4) is 17.0 Å². The Bertz CT molecular complexity index is 599. The molecule has 2 N–H and O–H groups in total. The van der Waals surface area contributed by atoms with Crippen LogP contribution in [0.4, 0.5) is 0 Å². The van der Waals surface area contributed by atoms with Crippen LogP contribution in [0.15, 0.2) is 30.5 Å². The van der Waals surface area contributed by atoms with Gasteiger partial charge < -0.3 is 15.0 Å². The Balaban J connectivity index is 2.12. The Morgan fingerprint density at radius 2 is 2.05 bits per heavy atom. The average molecular weight is 256 g/mol. The van der Waals surface area contributed by atoms with E-state index in [9.17, 15) is 0 Å². The molecule has 0 bridgehead atoms. The van der Waals surface area contributed by atoms with Crippen LogP contribution >= 0.6 is 0 Å². The van der Waals surface area contributed by atoms with E-state index in [1.807, 2.05) is 13.0 Å². The third-order valence-electron chi connectivity index (χ3n) is 3.77. The van der Waals surface area contributed by atoms with Crippen LogP contribution in [0.25, 0.3) is 11.3 Å². The minimum Gasteiger partial charge on any atom is -0.497 e. The van der Waals surface area contributed by atoms with Gasteiger partial charge in [0.2, 0.25) is 0 Å². The first-order chi connectivity index (χ1) is 9.19. The molecule has 1 heterocycles. The molecule has 1 aromatic heterocycles. The van der Waals surface area contributed by atoms with Crippen molar-refractivity contribution in [1.29, 1.82) is 0 Å². The monoisotopic (exact) mass is 256 g/mol. The molecule has 0 fully saturated rings. The minimum atomic E-state index is 0.160. The summed E-state index contributed by atoms with van der Waals surface area (Å²) in [5.41, 5.74) is 11.4. The van der Waals surface area contributed by atoms with Gasteiger partial charge in [-0.05, 0) is 49.1 Å². The zero-order chi connectivity index (χ0) is 13.4. The zero-order valence-electron chi connectivity index (χ0n) is 11.5. The SMILES string of the molecule is COc1ccc2c(c1)-c1c(ccn1C[C@H](C)N)CC2. The number of fused-ring (bicyclic) bond motifs is 3. The lowest BCUT2D eigenvalue weighted by molar-refractivity contribution is 0.414. The first kappa shape index (κ1) is 12.3. The fourth-order valence-electron chi connectivity index (χ4n) is 2.90. The van der Waals surface area contributed by atoms with Crippen LogP contribution in [0.2, 0.25) is 0 Å². The molecule has 1 aliphatic rings. The standard InChI is InChI=1S/C16H20N2O/c1-11(17)10-18-8-7-13-4-3-12-5-6-14(19-2)9-15(12)16(13)18/h5-9,11H,3-4,10,17H2,1-2H3/t11-/m0/s1. The summed E-state index contributed by atoms with van der Waals surface area (Å²) in [5, 5.41) is 0. The highest BCUT2D eigenvalue weighted by Gasteiger charge is 2.20. The van der Waals surface area contributed by atoms with Gasteiger partial charge in [0.05, 0.1) is 12.8 Å². The molecule has 3 rings (SSSR count). The van der Waals surface area contributed by atoms with E-state index in [0.717, 1.165) is 25.1 Å². The van der Waals surface area contributed by atoms with Crippen LogP contribution in [0.1, 0.15) is 18.1 Å². The molecule has 0 saturated carbocycles. The van der Waals surface area contributed by atoms with Crippen molar-refractivity contribution in [2.45, 2.75) is 32.4 Å². The first-order valence-corrected chi connectivity index (χ1v) is 6.80. The topological polar surface area (TPSA) is 40.2 Å². The second-order valence-electron chi connectivity index (χ2n) is 5.34. The molecule has 19 heavy (non-hydrogen) atoms. The lowest BCUT2D eigenvalue weighted by Gasteiger charge is -2.21. The molecule has 0 spiro atoms. The predicted molar refractivity (Wildman–Crippen MR) is 77.5 cm³/mol. The van der Waals surface area contributed by atoms with Crippen molar-refractivity contribution < 1.29 is 4.74 Å². The van der Waals surface area contributed by atoms with Crippen molar-refractivity contribution in [1.82, 2.24) is 4.57 Å². The molecule has 0 amide bonds. The van der Waals surface area contributed by atoms with Gasteiger partial charge in [-0.25, -0.2) is 0 Å². The highest BCUT2D eigenvalue weighted by atomic mass is 16.5. The van der Waals surface area contributed by atoms with Gasteiger partial charge in [-0.15, -0.1) is 0 Å². The van der Waals surface area contributed by atoms with Crippen LogP contribution in [-0.2, 0) is 19.4 Å². The van der Waals surface area contributed by atoms with Crippen molar-refractivity contribution >= 4 is 0 Å². The molecule has 0 radical (unpaired) electrons. The van der Waals surface area contributed by atoms with Gasteiger partial charge in [0.15, 0.2) is 0 Å². The maximum atomic E-state index is 5.95. The molecule has 100 valence electrons. The van der Waals surface area contributed by atoms with E-state index in [4.69, 9.17) is 10.5 Å². The molecule has 0 unspecified atom stereocenters. The molecular weight excluding hydrogens is 236 g/mol. The Morgan fingerprint density at radius 3 is 2.79 bits per heavy atom. The molecular formula is C16H20N2O. The van der Waals surface area contributed by atoms with Gasteiger partial charge in [-0.3, -0.25) is 0 Å². The van der Waals surface area contributed by atoms with E-state index in [2.05, 4.69) is 29.0 Å². The fraction of sp³-hybridized carbons (Fsp3) is 0.375. The molecule has 0 aliphatic heterocycles. The number of rotatable bonds is 3. The zero-order valence-corrected chi connectivity index (χ0v) is 11.5. The molecule has 2 aromatic rings. The van der Waals surface area contributed by atoms with E-state index in [-0.39, 0.29) is 6.04 Å². The van der Waals surface area contributed by atoms with E-state index in [0.29, 0.717) is 0 Å². The highest BCUT2D eigenvalue weighted by molar-refractivity contribution is 5.72. The third-order valence-corrected chi connectivity index (χ3v) is 3.77. The number of hydrogen-bond donors (Lipinski definition) is 1. The molecule has 3 heteroatoms. The van der Waals surface area contributed by atoms with Crippen LogP contribution in [0.5, 0.6) is 5.75 Å². The maximum Gasteiger partial charge on any atom is 0.119 e. The summed E-state index contributed by atoms with van der Waals surface area (Å²) in [7, 11) is 1.71. The number of methoxy groups -OCH3 is 1. The van der Waals surface area contributed by atoms with Gasteiger partial charge in [-0.1, -0.05) is 6.07 Å². The van der Waals surface area contributed by atoms with Gasteiger partial charge in [0, 0.05) is 24.3 Å². The summed E-state index contributed by atoms with van der Waals surface area (Å²) in [6, 6.07) is 8.75. The quantitative estimate of drug-likeness (QED) is 0.917. The summed E-state index contributed by atoms with van der Waals surface area (Å²) in [6.45, 7) is 2.90. The highest BCUT2D eigenvalue weighted by Crippen LogP contribution is 2.36. The second-order valence-corrected chi connectivity index (χ2v) is 5.34. The fourth-order valence-corrected chi connectivity index (χ4v) is 2.90. The number of aromatic nitrogens is 1. The Labute approximate surface area is 114 Å². The summed E-state index contributed by atoms with van der Waals surface area (Å²) >= 11 is 0. The number of nitrogens with zero attached hydrogens (tertiary/aromatic N) is 1. The smallest absolute Gasteiger partial charge is 0.119 e. The number of benzene rings is 1. The van der Waals surface area contributed by atoms with Gasteiger partial charge in [0.25, 0.3) is 0 Å². The Morgan fingerprint density at radius 1 is 1.26 bits per heavy atom. The van der Waals surface area contributed by atoms with Gasteiger partial charge in [0.1, 0.15) is 5.75 Å². The van der Waals surface area contributed by atoms with E-state index < -0.39 is 0 Å². The van der Waals surface area contributed by atoms with Crippen molar-refractivity contribution in [2.75, 3.05) is 7.11 Å². The summed E-state index contributed by atoms with van der Waals surface area (Å²) < 4.78 is 7.63. The second kappa shape index (κ2) is 4.74. The number of ether oxygens (including phenoxy) is 1. The molecule has 1 aliphatic carbocycles.